The van der Waals surface area contributed by atoms with Gasteiger partial charge < -0.3 is 9.47 Å². The minimum absolute atomic E-state index is 0.249. The number of nitrogens with zero attached hydrogens (tertiary/aromatic N) is 4. The highest BCUT2D eigenvalue weighted by molar-refractivity contribution is 6.29. The van der Waals surface area contributed by atoms with E-state index >= 15 is 0 Å². The number of likely N-dealkylation sites (tertiary alicyclic amines) is 1. The maximum atomic E-state index is 7.44. The first-order valence-corrected chi connectivity index (χ1v) is 6.07. The van der Waals surface area contributed by atoms with Gasteiger partial charge in [0.2, 0.25) is 0 Å². The Labute approximate surface area is 109 Å². The third-order valence-corrected chi connectivity index (χ3v) is 3.43. The predicted octanol–water partition coefficient (Wildman–Crippen LogP) is 2.35. The van der Waals surface area contributed by atoms with E-state index in [-0.39, 0.29) is 6.04 Å². The molecule has 90 valence electrons. The normalized spacial score (nSPS) is 22.3. The summed E-state index contributed by atoms with van der Waals surface area (Å²) >= 11 is 5.90. The fourth-order valence-corrected chi connectivity index (χ4v) is 2.46. The summed E-state index contributed by atoms with van der Waals surface area (Å²) in [6.07, 6.45) is 5.06. The van der Waals surface area contributed by atoms with Crippen molar-refractivity contribution in [2.75, 3.05) is 20.1 Å². The van der Waals surface area contributed by atoms with Crippen LogP contribution in [-0.2, 0) is 0 Å². The molecule has 1 aliphatic heterocycles. The van der Waals surface area contributed by atoms with Crippen LogP contribution in [0.15, 0.2) is 18.5 Å². The van der Waals surface area contributed by atoms with Gasteiger partial charge in [0, 0.05) is 16.4 Å². The van der Waals surface area contributed by atoms with Gasteiger partial charge in [0.05, 0.1) is 6.20 Å². The summed E-state index contributed by atoms with van der Waals surface area (Å²) in [7, 11) is 0. The summed E-state index contributed by atoms with van der Waals surface area (Å²) in [6, 6.07) is 2.16. The Morgan fingerprint density at radius 3 is 3.06 bits per heavy atom. The Morgan fingerprint density at radius 2 is 2.29 bits per heavy atom. The summed E-state index contributed by atoms with van der Waals surface area (Å²) in [5, 5.41) is 0.373. The molecule has 0 saturated carbocycles. The van der Waals surface area contributed by atoms with Crippen LogP contribution in [0.3, 0.4) is 0 Å². The van der Waals surface area contributed by atoms with E-state index in [2.05, 4.69) is 14.5 Å². The van der Waals surface area contributed by atoms with Crippen LogP contribution in [0.2, 0.25) is 5.15 Å². The summed E-state index contributed by atoms with van der Waals surface area (Å²) in [4.78, 5) is 10.1. The van der Waals surface area contributed by atoms with E-state index in [1.807, 2.05) is 12.3 Å². The van der Waals surface area contributed by atoms with Gasteiger partial charge in [-0.3, -0.25) is 0 Å². The SMILES string of the molecule is [2H]C([2H])([2H])N1CCC(n2ccc3ncc(Cl)nc32)CC1. The first-order valence-electron chi connectivity index (χ1n) is 7.19. The topological polar surface area (TPSA) is 34.0 Å². The van der Waals surface area contributed by atoms with Crippen LogP contribution < -0.4 is 0 Å². The molecule has 4 nitrogen and oxygen atoms in total. The molecule has 1 aliphatic rings. The maximum Gasteiger partial charge on any atom is 0.160 e. The molecule has 2 aromatic heterocycles. The molecule has 5 heteroatoms. The van der Waals surface area contributed by atoms with Gasteiger partial charge in [-0.05, 0) is 39.0 Å². The zero-order valence-corrected chi connectivity index (χ0v) is 10.1. The number of aromatic nitrogens is 3. The van der Waals surface area contributed by atoms with Gasteiger partial charge in [-0.1, -0.05) is 11.6 Å². The minimum atomic E-state index is -1.99. The molecule has 0 aliphatic carbocycles. The lowest BCUT2D eigenvalue weighted by molar-refractivity contribution is 0.223. The quantitative estimate of drug-likeness (QED) is 0.782. The van der Waals surface area contributed by atoms with E-state index in [0.717, 1.165) is 24.0 Å². The highest BCUT2D eigenvalue weighted by Gasteiger charge is 2.20. The Kier molecular flexibility index (Phi) is 2.03. The molecule has 1 saturated heterocycles. The van der Waals surface area contributed by atoms with Crippen molar-refractivity contribution in [3.05, 3.63) is 23.6 Å². The number of piperidine rings is 1. The number of hydrogen-bond donors (Lipinski definition) is 0. The highest BCUT2D eigenvalue weighted by Crippen LogP contribution is 2.26. The second-order valence-electron chi connectivity index (χ2n) is 4.34. The molecular formula is C12H15ClN4. The standard InChI is InChI=1S/C12H15ClN4/c1-16-5-2-9(3-6-16)17-7-4-10-12(17)15-11(13)8-14-10/h4,7-9H,2-3,5-6H2,1H3/i1D3. The molecule has 0 spiro atoms. The van der Waals surface area contributed by atoms with E-state index < -0.39 is 6.98 Å². The summed E-state index contributed by atoms with van der Waals surface area (Å²) in [5.41, 5.74) is 1.58. The predicted molar refractivity (Wildman–Crippen MR) is 68.3 cm³/mol. The van der Waals surface area contributed by atoms with Crippen molar-refractivity contribution in [2.45, 2.75) is 18.9 Å². The van der Waals surface area contributed by atoms with E-state index in [0.29, 0.717) is 18.2 Å². The zero-order valence-electron chi connectivity index (χ0n) is 12.3. The van der Waals surface area contributed by atoms with Crippen LogP contribution in [0, 0.1) is 0 Å². The largest absolute Gasteiger partial charge is 0.328 e. The van der Waals surface area contributed by atoms with Gasteiger partial charge in [0.1, 0.15) is 10.7 Å². The molecule has 0 N–H and O–H groups in total. The molecule has 0 aromatic carbocycles. The van der Waals surface area contributed by atoms with Gasteiger partial charge in [-0.25, -0.2) is 9.97 Å². The Morgan fingerprint density at radius 1 is 1.47 bits per heavy atom. The van der Waals surface area contributed by atoms with E-state index in [1.165, 1.54) is 6.20 Å². The molecule has 0 radical (unpaired) electrons. The van der Waals surface area contributed by atoms with Crippen LogP contribution in [0.5, 0.6) is 0 Å². The molecule has 0 amide bonds. The summed E-state index contributed by atoms with van der Waals surface area (Å²) in [6.45, 7) is -0.865. The van der Waals surface area contributed by atoms with Gasteiger partial charge in [-0.2, -0.15) is 0 Å². The maximum absolute atomic E-state index is 7.44. The van der Waals surface area contributed by atoms with Crippen LogP contribution in [0.25, 0.3) is 11.2 Å². The molecule has 1 fully saturated rings. The fraction of sp³-hybridized carbons (Fsp3) is 0.500. The fourth-order valence-electron chi connectivity index (χ4n) is 2.34. The number of fused-ring (bicyclic) bond motifs is 1. The smallest absolute Gasteiger partial charge is 0.160 e. The summed E-state index contributed by atoms with van der Waals surface area (Å²) in [5.74, 6) is 0. The van der Waals surface area contributed by atoms with Crippen LogP contribution in [0.1, 0.15) is 23.0 Å². The molecular weight excluding hydrogens is 236 g/mol. The molecule has 0 bridgehead atoms. The lowest BCUT2D eigenvalue weighted by Crippen LogP contribution is -2.31. The molecule has 3 heterocycles. The van der Waals surface area contributed by atoms with Gasteiger partial charge in [0.25, 0.3) is 0 Å². The molecule has 0 atom stereocenters. The molecule has 2 aromatic rings. The van der Waals surface area contributed by atoms with Crippen molar-refractivity contribution >= 4 is 22.8 Å². The highest BCUT2D eigenvalue weighted by atomic mass is 35.5. The second kappa shape index (κ2) is 4.27. The molecule has 17 heavy (non-hydrogen) atoms. The van der Waals surface area contributed by atoms with E-state index in [9.17, 15) is 0 Å². The monoisotopic (exact) mass is 253 g/mol. The average Bonchev–Trinajstić information content (AvgIpc) is 2.81. The van der Waals surface area contributed by atoms with Crippen molar-refractivity contribution in [1.82, 2.24) is 19.4 Å². The van der Waals surface area contributed by atoms with Crippen LogP contribution in [0.4, 0.5) is 0 Å². The Hall–Kier alpha value is -1.13. The van der Waals surface area contributed by atoms with Crippen LogP contribution >= 0.6 is 11.6 Å². The number of halogens is 1. The van der Waals surface area contributed by atoms with Gasteiger partial charge >= 0.3 is 0 Å². The second-order valence-corrected chi connectivity index (χ2v) is 4.73. The van der Waals surface area contributed by atoms with Crippen molar-refractivity contribution in [3.63, 3.8) is 0 Å². The lowest BCUT2D eigenvalue weighted by Gasteiger charge is -2.30. The molecule has 3 rings (SSSR count). The Balaban J connectivity index is 1.82. The van der Waals surface area contributed by atoms with E-state index in [4.69, 9.17) is 15.7 Å². The third kappa shape index (κ3) is 2.03. The third-order valence-electron chi connectivity index (χ3n) is 3.25. The van der Waals surface area contributed by atoms with Crippen LogP contribution in [-0.4, -0.2) is 39.5 Å². The van der Waals surface area contributed by atoms with Gasteiger partial charge in [-0.15, -0.1) is 0 Å². The van der Waals surface area contributed by atoms with Crippen molar-refractivity contribution in [1.29, 1.82) is 0 Å². The number of hydrogen-bond acceptors (Lipinski definition) is 3. The zero-order chi connectivity index (χ0) is 14.3. The molecule has 0 unspecified atom stereocenters. The lowest BCUT2D eigenvalue weighted by atomic mass is 10.1. The van der Waals surface area contributed by atoms with Crippen molar-refractivity contribution in [3.8, 4) is 0 Å². The van der Waals surface area contributed by atoms with E-state index in [1.54, 1.807) is 4.90 Å². The van der Waals surface area contributed by atoms with Gasteiger partial charge in [0.15, 0.2) is 5.65 Å². The first kappa shape index (κ1) is 8.06. The first-order chi connectivity index (χ1) is 9.45. The Bertz CT molecular complexity index is 617. The average molecular weight is 254 g/mol. The minimum Gasteiger partial charge on any atom is -0.328 e. The number of rotatable bonds is 1. The summed E-state index contributed by atoms with van der Waals surface area (Å²) < 4.78 is 24.4. The van der Waals surface area contributed by atoms with Crippen molar-refractivity contribution < 1.29 is 4.11 Å². The van der Waals surface area contributed by atoms with Crippen molar-refractivity contribution in [2.24, 2.45) is 0 Å².